The van der Waals surface area contributed by atoms with Crippen LogP contribution >= 0.6 is 11.3 Å². The minimum Gasteiger partial charge on any atom is -0.389 e. The summed E-state index contributed by atoms with van der Waals surface area (Å²) in [7, 11) is 0. The minimum absolute atomic E-state index is 0.626. The van der Waals surface area contributed by atoms with Crippen LogP contribution in [0.25, 0.3) is 10.4 Å². The summed E-state index contributed by atoms with van der Waals surface area (Å²) in [5.41, 5.74) is 7.54. The van der Waals surface area contributed by atoms with Crippen LogP contribution in [-0.2, 0) is 4.79 Å². The molecule has 3 N–H and O–H groups in total. The van der Waals surface area contributed by atoms with E-state index in [9.17, 15) is 4.79 Å². The van der Waals surface area contributed by atoms with Crippen molar-refractivity contribution in [2.45, 2.75) is 0 Å². The van der Waals surface area contributed by atoms with Gasteiger partial charge in [-0.15, -0.1) is 11.3 Å². The largest absolute Gasteiger partial charge is 0.389 e. The van der Waals surface area contributed by atoms with Gasteiger partial charge in [0, 0.05) is 4.88 Å². The van der Waals surface area contributed by atoms with Gasteiger partial charge in [0.1, 0.15) is 5.00 Å². The number of nitrogens with one attached hydrogen (secondary N) is 1. The summed E-state index contributed by atoms with van der Waals surface area (Å²) in [6, 6.07) is 11.8. The van der Waals surface area contributed by atoms with E-state index in [4.69, 9.17) is 5.73 Å². The summed E-state index contributed by atoms with van der Waals surface area (Å²) < 4.78 is 0. The van der Waals surface area contributed by atoms with Gasteiger partial charge in [0.2, 0.25) is 6.41 Å². The monoisotopic (exact) mass is 218 g/mol. The summed E-state index contributed by atoms with van der Waals surface area (Å²) in [5.74, 6) is 0. The molecular formula is C11H10N2OS. The van der Waals surface area contributed by atoms with E-state index in [0.29, 0.717) is 17.1 Å². The number of benzene rings is 1. The van der Waals surface area contributed by atoms with Crippen molar-refractivity contribution in [2.24, 2.45) is 0 Å². The van der Waals surface area contributed by atoms with E-state index in [0.717, 1.165) is 10.4 Å². The third-order valence-corrected chi connectivity index (χ3v) is 3.05. The van der Waals surface area contributed by atoms with E-state index in [1.54, 1.807) is 0 Å². The molecule has 4 heteroatoms. The second-order valence-corrected chi connectivity index (χ2v) is 4.10. The average Bonchev–Trinajstić information content (AvgIpc) is 2.63. The van der Waals surface area contributed by atoms with Crippen molar-refractivity contribution >= 4 is 28.4 Å². The second-order valence-electron chi connectivity index (χ2n) is 3.02. The van der Waals surface area contributed by atoms with Crippen LogP contribution in [0, 0.1) is 0 Å². The quantitative estimate of drug-likeness (QED) is 0.778. The van der Waals surface area contributed by atoms with Gasteiger partial charge in [-0.2, -0.15) is 0 Å². The van der Waals surface area contributed by atoms with Gasteiger partial charge in [-0.1, -0.05) is 30.3 Å². The van der Waals surface area contributed by atoms with Crippen LogP contribution < -0.4 is 11.1 Å². The molecule has 0 aliphatic carbocycles. The molecule has 0 aliphatic rings. The SMILES string of the molecule is Nc1sc(-c2ccccc2)cc1NC=O. The lowest BCUT2D eigenvalue weighted by Gasteiger charge is -1.94. The fraction of sp³-hybridized carbons (Fsp3) is 0. The molecule has 1 heterocycles. The lowest BCUT2D eigenvalue weighted by Crippen LogP contribution is -1.94. The number of hydrogen-bond acceptors (Lipinski definition) is 3. The molecule has 0 spiro atoms. The van der Waals surface area contributed by atoms with Crippen LogP contribution in [0.3, 0.4) is 0 Å². The standard InChI is InChI=1S/C11H10N2OS/c12-11-9(13-7-14)6-10(15-11)8-4-2-1-3-5-8/h1-7H,12H2,(H,13,14). The number of anilines is 2. The lowest BCUT2D eigenvalue weighted by atomic mass is 10.2. The number of amides is 1. The topological polar surface area (TPSA) is 55.1 Å². The van der Waals surface area contributed by atoms with E-state index in [2.05, 4.69) is 5.32 Å². The molecule has 2 rings (SSSR count). The van der Waals surface area contributed by atoms with Crippen molar-refractivity contribution in [2.75, 3.05) is 11.1 Å². The molecule has 0 atom stereocenters. The molecule has 0 unspecified atom stereocenters. The molecule has 0 bridgehead atoms. The third kappa shape index (κ3) is 1.99. The second kappa shape index (κ2) is 4.14. The van der Waals surface area contributed by atoms with Crippen molar-refractivity contribution < 1.29 is 4.79 Å². The van der Waals surface area contributed by atoms with Crippen molar-refractivity contribution in [1.29, 1.82) is 0 Å². The molecule has 0 fully saturated rings. The highest BCUT2D eigenvalue weighted by Crippen LogP contribution is 2.36. The summed E-state index contributed by atoms with van der Waals surface area (Å²) >= 11 is 1.46. The predicted molar refractivity (Wildman–Crippen MR) is 63.9 cm³/mol. The predicted octanol–water partition coefficient (Wildman–Crippen LogP) is 2.57. The molecular weight excluding hydrogens is 208 g/mol. The number of rotatable bonds is 3. The van der Waals surface area contributed by atoms with Crippen LogP contribution in [0.5, 0.6) is 0 Å². The van der Waals surface area contributed by atoms with Crippen molar-refractivity contribution in [3.05, 3.63) is 36.4 Å². The zero-order valence-electron chi connectivity index (χ0n) is 7.94. The van der Waals surface area contributed by atoms with E-state index < -0.39 is 0 Å². The first-order valence-corrected chi connectivity index (χ1v) is 5.28. The highest BCUT2D eigenvalue weighted by Gasteiger charge is 2.06. The van der Waals surface area contributed by atoms with Gasteiger partial charge in [0.05, 0.1) is 5.69 Å². The Morgan fingerprint density at radius 3 is 2.67 bits per heavy atom. The van der Waals surface area contributed by atoms with Gasteiger partial charge in [-0.3, -0.25) is 4.79 Å². The number of nitrogens with two attached hydrogens (primary N) is 1. The molecule has 3 nitrogen and oxygen atoms in total. The maximum Gasteiger partial charge on any atom is 0.211 e. The average molecular weight is 218 g/mol. The summed E-state index contributed by atoms with van der Waals surface area (Å²) in [4.78, 5) is 11.4. The van der Waals surface area contributed by atoms with Gasteiger partial charge in [0.25, 0.3) is 0 Å². The van der Waals surface area contributed by atoms with E-state index in [1.807, 2.05) is 36.4 Å². The smallest absolute Gasteiger partial charge is 0.211 e. The maximum atomic E-state index is 10.3. The Balaban J connectivity index is 2.38. The van der Waals surface area contributed by atoms with Crippen molar-refractivity contribution in [3.8, 4) is 10.4 Å². The Hall–Kier alpha value is -1.81. The van der Waals surface area contributed by atoms with Crippen LogP contribution in [0.2, 0.25) is 0 Å². The molecule has 1 aromatic carbocycles. The number of nitrogen functional groups attached to an aromatic ring is 1. The van der Waals surface area contributed by atoms with E-state index in [1.165, 1.54) is 11.3 Å². The molecule has 15 heavy (non-hydrogen) atoms. The van der Waals surface area contributed by atoms with Crippen LogP contribution in [0.1, 0.15) is 0 Å². The summed E-state index contributed by atoms with van der Waals surface area (Å²) in [6.07, 6.45) is 0.632. The zero-order valence-corrected chi connectivity index (χ0v) is 8.75. The van der Waals surface area contributed by atoms with Gasteiger partial charge < -0.3 is 11.1 Å². The first-order valence-electron chi connectivity index (χ1n) is 4.46. The summed E-state index contributed by atoms with van der Waals surface area (Å²) in [5, 5.41) is 3.20. The Bertz CT molecular complexity index is 465. The Morgan fingerprint density at radius 1 is 1.27 bits per heavy atom. The van der Waals surface area contributed by atoms with E-state index in [-0.39, 0.29) is 0 Å². The number of carbonyl (C=O) groups excluding carboxylic acids is 1. The molecule has 2 aromatic rings. The van der Waals surface area contributed by atoms with Gasteiger partial charge in [-0.25, -0.2) is 0 Å². The van der Waals surface area contributed by atoms with Crippen LogP contribution in [-0.4, -0.2) is 6.41 Å². The molecule has 76 valence electrons. The number of thiophene rings is 1. The molecule has 0 aliphatic heterocycles. The van der Waals surface area contributed by atoms with Gasteiger partial charge in [-0.05, 0) is 11.6 Å². The molecule has 1 amide bonds. The third-order valence-electron chi connectivity index (χ3n) is 2.03. The highest BCUT2D eigenvalue weighted by atomic mass is 32.1. The van der Waals surface area contributed by atoms with E-state index >= 15 is 0 Å². The van der Waals surface area contributed by atoms with Crippen LogP contribution in [0.15, 0.2) is 36.4 Å². The fourth-order valence-corrected chi connectivity index (χ4v) is 2.22. The van der Waals surface area contributed by atoms with Crippen molar-refractivity contribution in [1.82, 2.24) is 0 Å². The number of hydrogen-bond donors (Lipinski definition) is 2. The lowest BCUT2D eigenvalue weighted by molar-refractivity contribution is -0.105. The molecule has 0 saturated heterocycles. The fourth-order valence-electron chi connectivity index (χ4n) is 1.33. The Labute approximate surface area is 91.5 Å². The highest BCUT2D eigenvalue weighted by molar-refractivity contribution is 7.20. The van der Waals surface area contributed by atoms with Gasteiger partial charge in [0.15, 0.2) is 0 Å². The van der Waals surface area contributed by atoms with Crippen LogP contribution in [0.4, 0.5) is 10.7 Å². The minimum atomic E-state index is 0.626. The van der Waals surface area contributed by atoms with Gasteiger partial charge >= 0.3 is 0 Å². The molecule has 0 radical (unpaired) electrons. The molecule has 1 aromatic heterocycles. The van der Waals surface area contributed by atoms with Crippen molar-refractivity contribution in [3.63, 3.8) is 0 Å². The zero-order chi connectivity index (χ0) is 10.7. The first-order chi connectivity index (χ1) is 7.31. The number of carbonyl (C=O) groups is 1. The Kier molecular flexibility index (Phi) is 2.69. The summed E-state index contributed by atoms with van der Waals surface area (Å²) in [6.45, 7) is 0. The first kappa shape index (κ1) is 9.73. The molecule has 0 saturated carbocycles. The Morgan fingerprint density at radius 2 is 2.00 bits per heavy atom. The maximum absolute atomic E-state index is 10.3. The normalized spacial score (nSPS) is 9.87.